The molecule has 0 aliphatic carbocycles. The van der Waals surface area contributed by atoms with Crippen molar-refractivity contribution in [1.29, 1.82) is 0 Å². The Morgan fingerprint density at radius 2 is 1.80 bits per heavy atom. The molecule has 0 atom stereocenters. The molecule has 5 heteroatoms. The average molecular weight is 276 g/mol. The van der Waals surface area contributed by atoms with Crippen molar-refractivity contribution in [2.24, 2.45) is 0 Å². The Morgan fingerprint density at radius 1 is 1.10 bits per heavy atom. The molecule has 1 amide bonds. The molecule has 0 aromatic heterocycles. The highest BCUT2D eigenvalue weighted by Crippen LogP contribution is 2.14. The second-order valence-electron chi connectivity index (χ2n) is 4.45. The van der Waals surface area contributed by atoms with Gasteiger partial charge in [-0.2, -0.15) is 0 Å². The van der Waals surface area contributed by atoms with Crippen molar-refractivity contribution in [3.05, 3.63) is 59.7 Å². The lowest BCUT2D eigenvalue weighted by Gasteiger charge is -2.06. The van der Waals surface area contributed by atoms with Crippen LogP contribution in [-0.2, 0) is 11.2 Å². The van der Waals surface area contributed by atoms with Gasteiger partial charge >= 0.3 is 0 Å². The number of halogens is 2. The summed E-state index contributed by atoms with van der Waals surface area (Å²) in [5.41, 5.74) is 7.32. The molecule has 3 nitrogen and oxygen atoms in total. The molecule has 2 rings (SSSR count). The fourth-order valence-corrected chi connectivity index (χ4v) is 1.86. The Labute approximate surface area is 115 Å². The van der Waals surface area contributed by atoms with Crippen LogP contribution in [-0.4, -0.2) is 5.91 Å². The van der Waals surface area contributed by atoms with Crippen LogP contribution in [0.25, 0.3) is 0 Å². The first-order chi connectivity index (χ1) is 9.52. The van der Waals surface area contributed by atoms with E-state index in [2.05, 4.69) is 5.32 Å². The van der Waals surface area contributed by atoms with Gasteiger partial charge in [-0.15, -0.1) is 0 Å². The van der Waals surface area contributed by atoms with E-state index in [9.17, 15) is 13.6 Å². The largest absolute Gasteiger partial charge is 0.399 e. The van der Waals surface area contributed by atoms with Crippen LogP contribution < -0.4 is 11.1 Å². The first-order valence-corrected chi connectivity index (χ1v) is 6.13. The van der Waals surface area contributed by atoms with Gasteiger partial charge in [-0.25, -0.2) is 8.78 Å². The SMILES string of the molecule is Nc1cccc(CCC(=O)Nc2cc(F)cc(F)c2)c1. The van der Waals surface area contributed by atoms with Gasteiger partial charge in [0.15, 0.2) is 0 Å². The Bertz CT molecular complexity index is 609. The minimum atomic E-state index is -0.726. The summed E-state index contributed by atoms with van der Waals surface area (Å²) in [6, 6.07) is 10.1. The van der Waals surface area contributed by atoms with Gasteiger partial charge in [-0.05, 0) is 36.2 Å². The number of amides is 1. The topological polar surface area (TPSA) is 55.1 Å². The van der Waals surface area contributed by atoms with E-state index in [0.29, 0.717) is 12.1 Å². The number of rotatable bonds is 4. The van der Waals surface area contributed by atoms with Crippen molar-refractivity contribution < 1.29 is 13.6 Å². The van der Waals surface area contributed by atoms with Gasteiger partial charge in [0, 0.05) is 23.9 Å². The third-order valence-corrected chi connectivity index (χ3v) is 2.74. The van der Waals surface area contributed by atoms with Gasteiger partial charge in [0.25, 0.3) is 0 Å². The Hall–Kier alpha value is -2.43. The summed E-state index contributed by atoms with van der Waals surface area (Å²) in [6.07, 6.45) is 0.719. The van der Waals surface area contributed by atoms with E-state index in [4.69, 9.17) is 5.73 Å². The van der Waals surface area contributed by atoms with Gasteiger partial charge in [-0.1, -0.05) is 12.1 Å². The first-order valence-electron chi connectivity index (χ1n) is 6.13. The van der Waals surface area contributed by atoms with Crippen LogP contribution in [0, 0.1) is 11.6 Å². The number of aryl methyl sites for hydroxylation is 1. The molecule has 0 aliphatic heterocycles. The van der Waals surface area contributed by atoms with Gasteiger partial charge < -0.3 is 11.1 Å². The summed E-state index contributed by atoms with van der Waals surface area (Å²) in [4.78, 5) is 11.7. The number of anilines is 2. The molecule has 2 aromatic carbocycles. The second-order valence-corrected chi connectivity index (χ2v) is 4.45. The first kappa shape index (κ1) is 14.0. The predicted octanol–water partition coefficient (Wildman–Crippen LogP) is 3.12. The normalized spacial score (nSPS) is 10.3. The van der Waals surface area contributed by atoms with Crippen molar-refractivity contribution in [3.63, 3.8) is 0 Å². The fourth-order valence-electron chi connectivity index (χ4n) is 1.86. The highest BCUT2D eigenvalue weighted by atomic mass is 19.1. The molecule has 0 saturated heterocycles. The summed E-state index contributed by atoms with van der Waals surface area (Å²) in [5.74, 6) is -1.76. The number of hydrogen-bond donors (Lipinski definition) is 2. The second kappa shape index (κ2) is 6.14. The third kappa shape index (κ3) is 4.05. The quantitative estimate of drug-likeness (QED) is 0.843. The maximum atomic E-state index is 13.0. The molecule has 0 saturated carbocycles. The number of carbonyl (C=O) groups is 1. The number of hydrogen-bond acceptors (Lipinski definition) is 2. The lowest BCUT2D eigenvalue weighted by atomic mass is 10.1. The molecule has 0 bridgehead atoms. The van der Waals surface area contributed by atoms with Gasteiger partial charge in [0.2, 0.25) is 5.91 Å². The van der Waals surface area contributed by atoms with Crippen LogP contribution in [0.2, 0.25) is 0 Å². The Balaban J connectivity index is 1.92. The summed E-state index contributed by atoms with van der Waals surface area (Å²) in [7, 11) is 0. The highest BCUT2D eigenvalue weighted by molar-refractivity contribution is 5.90. The van der Waals surface area contributed by atoms with Crippen LogP contribution in [0.4, 0.5) is 20.2 Å². The zero-order chi connectivity index (χ0) is 14.5. The molecule has 0 radical (unpaired) electrons. The van der Waals surface area contributed by atoms with E-state index in [1.807, 2.05) is 12.1 Å². The molecule has 20 heavy (non-hydrogen) atoms. The lowest BCUT2D eigenvalue weighted by molar-refractivity contribution is -0.116. The maximum Gasteiger partial charge on any atom is 0.224 e. The van der Waals surface area contributed by atoms with Gasteiger partial charge in [-0.3, -0.25) is 4.79 Å². The highest BCUT2D eigenvalue weighted by Gasteiger charge is 2.06. The number of carbonyl (C=O) groups excluding carboxylic acids is 1. The minimum absolute atomic E-state index is 0.111. The summed E-state index contributed by atoms with van der Waals surface area (Å²) in [6.45, 7) is 0. The third-order valence-electron chi connectivity index (χ3n) is 2.74. The molecule has 3 N–H and O–H groups in total. The smallest absolute Gasteiger partial charge is 0.224 e. The van der Waals surface area contributed by atoms with Crippen LogP contribution in [0.15, 0.2) is 42.5 Å². The van der Waals surface area contributed by atoms with Crippen molar-refractivity contribution in [2.45, 2.75) is 12.8 Å². The molecule has 0 unspecified atom stereocenters. The fraction of sp³-hybridized carbons (Fsp3) is 0.133. The Kier molecular flexibility index (Phi) is 4.30. The monoisotopic (exact) mass is 276 g/mol. The Morgan fingerprint density at radius 3 is 2.45 bits per heavy atom. The molecule has 0 fully saturated rings. The van der Waals surface area contributed by atoms with Crippen molar-refractivity contribution in [2.75, 3.05) is 11.1 Å². The van der Waals surface area contributed by atoms with E-state index < -0.39 is 11.6 Å². The molecular formula is C15H14F2N2O. The van der Waals surface area contributed by atoms with Crippen molar-refractivity contribution >= 4 is 17.3 Å². The van der Waals surface area contributed by atoms with E-state index in [1.54, 1.807) is 12.1 Å². The number of nitrogens with one attached hydrogen (secondary N) is 1. The maximum absolute atomic E-state index is 13.0. The van der Waals surface area contributed by atoms with E-state index in [1.165, 1.54) is 0 Å². The number of nitrogen functional groups attached to an aromatic ring is 1. The van der Waals surface area contributed by atoms with Crippen LogP contribution in [0.1, 0.15) is 12.0 Å². The van der Waals surface area contributed by atoms with Gasteiger partial charge in [0.1, 0.15) is 11.6 Å². The number of benzene rings is 2. The number of nitrogens with two attached hydrogens (primary N) is 1. The summed E-state index contributed by atoms with van der Waals surface area (Å²) >= 11 is 0. The molecular weight excluding hydrogens is 262 g/mol. The van der Waals surface area contributed by atoms with E-state index in [-0.39, 0.29) is 18.0 Å². The zero-order valence-corrected chi connectivity index (χ0v) is 10.7. The molecule has 0 heterocycles. The van der Waals surface area contributed by atoms with Crippen molar-refractivity contribution in [3.8, 4) is 0 Å². The molecule has 0 spiro atoms. The molecule has 104 valence electrons. The van der Waals surface area contributed by atoms with Crippen molar-refractivity contribution in [1.82, 2.24) is 0 Å². The molecule has 2 aromatic rings. The average Bonchev–Trinajstić information content (AvgIpc) is 2.35. The van der Waals surface area contributed by atoms with Crippen LogP contribution in [0.5, 0.6) is 0 Å². The summed E-state index contributed by atoms with van der Waals surface area (Å²) in [5, 5.41) is 2.46. The summed E-state index contributed by atoms with van der Waals surface area (Å²) < 4.78 is 25.9. The van der Waals surface area contributed by atoms with Crippen LogP contribution in [0.3, 0.4) is 0 Å². The molecule has 0 aliphatic rings. The lowest BCUT2D eigenvalue weighted by Crippen LogP contribution is -2.12. The zero-order valence-electron chi connectivity index (χ0n) is 10.7. The standard InChI is InChI=1S/C15H14F2N2O/c16-11-7-12(17)9-14(8-11)19-15(20)5-4-10-2-1-3-13(18)6-10/h1-3,6-9H,4-5,18H2,(H,19,20). The predicted molar refractivity (Wildman–Crippen MR) is 74.2 cm³/mol. The minimum Gasteiger partial charge on any atom is -0.399 e. The van der Waals surface area contributed by atoms with E-state index in [0.717, 1.165) is 23.8 Å². The van der Waals surface area contributed by atoms with E-state index >= 15 is 0 Å². The van der Waals surface area contributed by atoms with Crippen LogP contribution >= 0.6 is 0 Å². The van der Waals surface area contributed by atoms with Gasteiger partial charge in [0.05, 0.1) is 0 Å².